The van der Waals surface area contributed by atoms with Gasteiger partial charge in [-0.25, -0.2) is 4.79 Å². The van der Waals surface area contributed by atoms with E-state index in [0.717, 1.165) is 22.1 Å². The van der Waals surface area contributed by atoms with Crippen LogP contribution in [-0.2, 0) is 14.3 Å². The SMILES string of the molecule is COc1ccc2cc([C@H](C)C(=O)N3CCOC(C(=O)O)C3)ccc2c1. The predicted octanol–water partition coefficient (Wildman–Crippen LogP) is 2.26. The fraction of sp³-hybridized carbons (Fsp3) is 0.368. The molecular formula is C19H21NO5. The van der Waals surface area contributed by atoms with E-state index in [9.17, 15) is 9.59 Å². The second-order valence-corrected chi connectivity index (χ2v) is 6.18. The van der Waals surface area contributed by atoms with Gasteiger partial charge in [0.15, 0.2) is 6.10 Å². The van der Waals surface area contributed by atoms with E-state index in [-0.39, 0.29) is 25.0 Å². The molecule has 1 unspecified atom stereocenters. The van der Waals surface area contributed by atoms with Crippen LogP contribution in [0, 0.1) is 0 Å². The van der Waals surface area contributed by atoms with Crippen molar-refractivity contribution in [2.45, 2.75) is 18.9 Å². The number of carbonyl (C=O) groups excluding carboxylic acids is 1. The largest absolute Gasteiger partial charge is 0.497 e. The molecular weight excluding hydrogens is 322 g/mol. The van der Waals surface area contributed by atoms with Gasteiger partial charge in [0.1, 0.15) is 5.75 Å². The number of carboxylic acid groups (broad SMARTS) is 1. The average Bonchev–Trinajstić information content (AvgIpc) is 2.66. The summed E-state index contributed by atoms with van der Waals surface area (Å²) in [5.74, 6) is -0.677. The fourth-order valence-corrected chi connectivity index (χ4v) is 3.05. The number of morpholine rings is 1. The van der Waals surface area contributed by atoms with Crippen molar-refractivity contribution in [1.29, 1.82) is 0 Å². The zero-order valence-electron chi connectivity index (χ0n) is 14.3. The third kappa shape index (κ3) is 3.58. The Labute approximate surface area is 145 Å². The molecule has 25 heavy (non-hydrogen) atoms. The van der Waals surface area contributed by atoms with E-state index in [1.165, 1.54) is 0 Å². The van der Waals surface area contributed by atoms with Crippen LogP contribution in [0.4, 0.5) is 0 Å². The van der Waals surface area contributed by atoms with Crippen molar-refractivity contribution in [2.24, 2.45) is 0 Å². The van der Waals surface area contributed by atoms with Crippen molar-refractivity contribution in [1.82, 2.24) is 4.90 Å². The normalized spacial score (nSPS) is 18.8. The summed E-state index contributed by atoms with van der Waals surface area (Å²) in [6.07, 6.45) is -0.950. The molecule has 6 heteroatoms. The molecule has 1 aliphatic rings. The van der Waals surface area contributed by atoms with E-state index in [2.05, 4.69) is 0 Å². The third-order valence-electron chi connectivity index (χ3n) is 4.60. The summed E-state index contributed by atoms with van der Waals surface area (Å²) < 4.78 is 10.4. The zero-order valence-corrected chi connectivity index (χ0v) is 14.3. The van der Waals surface area contributed by atoms with Gasteiger partial charge in [-0.05, 0) is 35.4 Å². The molecule has 1 saturated heterocycles. The van der Waals surface area contributed by atoms with Crippen LogP contribution in [0.1, 0.15) is 18.4 Å². The Morgan fingerprint density at radius 3 is 2.68 bits per heavy atom. The quantitative estimate of drug-likeness (QED) is 0.921. The van der Waals surface area contributed by atoms with Crippen molar-refractivity contribution in [2.75, 3.05) is 26.8 Å². The first-order chi connectivity index (χ1) is 12.0. The van der Waals surface area contributed by atoms with Crippen LogP contribution < -0.4 is 4.74 Å². The molecule has 1 amide bonds. The lowest BCUT2D eigenvalue weighted by Gasteiger charge is -2.32. The fourth-order valence-electron chi connectivity index (χ4n) is 3.05. The number of fused-ring (bicyclic) bond motifs is 1. The number of ether oxygens (including phenoxy) is 2. The standard InChI is InChI=1S/C19H21NO5/c1-12(18(21)20-7-8-25-17(11-20)19(22)23)13-3-4-15-10-16(24-2)6-5-14(15)9-13/h3-6,9-10,12,17H,7-8,11H2,1-2H3,(H,22,23)/t12-,17?/m0/s1. The smallest absolute Gasteiger partial charge is 0.334 e. The van der Waals surface area contributed by atoms with Gasteiger partial charge in [0.05, 0.1) is 26.2 Å². The number of aliphatic carboxylic acids is 1. The minimum Gasteiger partial charge on any atom is -0.497 e. The maximum absolute atomic E-state index is 12.8. The number of benzene rings is 2. The summed E-state index contributed by atoms with van der Waals surface area (Å²) in [7, 11) is 1.63. The first-order valence-corrected chi connectivity index (χ1v) is 8.20. The molecule has 1 fully saturated rings. The molecule has 2 aromatic carbocycles. The van der Waals surface area contributed by atoms with Crippen molar-refractivity contribution >= 4 is 22.6 Å². The molecule has 0 aliphatic carbocycles. The molecule has 0 bridgehead atoms. The molecule has 1 aliphatic heterocycles. The highest BCUT2D eigenvalue weighted by atomic mass is 16.5. The van der Waals surface area contributed by atoms with Crippen LogP contribution in [0.5, 0.6) is 5.75 Å². The molecule has 0 saturated carbocycles. The van der Waals surface area contributed by atoms with Crippen molar-refractivity contribution in [3.63, 3.8) is 0 Å². The Balaban J connectivity index is 1.79. The van der Waals surface area contributed by atoms with Crippen LogP contribution >= 0.6 is 0 Å². The Bertz CT molecular complexity index is 804. The van der Waals surface area contributed by atoms with Gasteiger partial charge in [0.2, 0.25) is 5.91 Å². The van der Waals surface area contributed by atoms with E-state index >= 15 is 0 Å². The number of carboxylic acids is 1. The summed E-state index contributed by atoms with van der Waals surface area (Å²) >= 11 is 0. The predicted molar refractivity (Wildman–Crippen MR) is 92.9 cm³/mol. The summed E-state index contributed by atoms with van der Waals surface area (Å²) in [5.41, 5.74) is 0.904. The molecule has 3 rings (SSSR count). The van der Waals surface area contributed by atoms with Crippen molar-refractivity contribution in [3.05, 3.63) is 42.0 Å². The van der Waals surface area contributed by atoms with Gasteiger partial charge in [-0.2, -0.15) is 0 Å². The molecule has 1 heterocycles. The lowest BCUT2D eigenvalue weighted by Crippen LogP contribution is -2.49. The van der Waals surface area contributed by atoms with Crippen molar-refractivity contribution in [3.8, 4) is 5.75 Å². The maximum Gasteiger partial charge on any atom is 0.334 e. The van der Waals surface area contributed by atoms with Crippen LogP contribution in [-0.4, -0.2) is 54.8 Å². The molecule has 2 aromatic rings. The lowest BCUT2D eigenvalue weighted by atomic mass is 9.96. The lowest BCUT2D eigenvalue weighted by molar-refractivity contribution is -0.159. The van der Waals surface area contributed by atoms with Crippen LogP contribution in [0.15, 0.2) is 36.4 Å². The highest BCUT2D eigenvalue weighted by Crippen LogP contribution is 2.26. The van der Waals surface area contributed by atoms with Crippen LogP contribution in [0.25, 0.3) is 10.8 Å². The van der Waals surface area contributed by atoms with Crippen molar-refractivity contribution < 1.29 is 24.2 Å². The van der Waals surface area contributed by atoms with Gasteiger partial charge in [0.25, 0.3) is 0 Å². The van der Waals surface area contributed by atoms with E-state index in [1.54, 1.807) is 12.0 Å². The minimum atomic E-state index is -1.04. The first-order valence-electron chi connectivity index (χ1n) is 8.20. The molecule has 1 N–H and O–H groups in total. The summed E-state index contributed by atoms with van der Waals surface area (Å²) in [6.45, 7) is 2.59. The molecule has 0 radical (unpaired) electrons. The summed E-state index contributed by atoms with van der Waals surface area (Å²) in [5, 5.41) is 11.2. The number of hydrogen-bond acceptors (Lipinski definition) is 4. The molecule has 6 nitrogen and oxygen atoms in total. The Hall–Kier alpha value is -2.60. The van der Waals surface area contributed by atoms with E-state index in [0.29, 0.717) is 6.54 Å². The van der Waals surface area contributed by atoms with E-state index in [4.69, 9.17) is 14.6 Å². The summed E-state index contributed by atoms with van der Waals surface area (Å²) in [6, 6.07) is 11.7. The number of hydrogen-bond donors (Lipinski definition) is 1. The summed E-state index contributed by atoms with van der Waals surface area (Å²) in [4.78, 5) is 25.4. The minimum absolute atomic E-state index is 0.0811. The Kier molecular flexibility index (Phi) is 4.90. The van der Waals surface area contributed by atoms with Crippen LogP contribution in [0.2, 0.25) is 0 Å². The average molecular weight is 343 g/mol. The molecule has 0 spiro atoms. The number of methoxy groups -OCH3 is 1. The van der Waals surface area contributed by atoms with Gasteiger partial charge in [-0.3, -0.25) is 4.79 Å². The highest BCUT2D eigenvalue weighted by Gasteiger charge is 2.31. The Morgan fingerprint density at radius 2 is 1.96 bits per heavy atom. The van der Waals surface area contributed by atoms with Gasteiger partial charge in [0, 0.05) is 6.54 Å². The number of amides is 1. The molecule has 2 atom stereocenters. The monoisotopic (exact) mass is 343 g/mol. The van der Waals surface area contributed by atoms with Crippen LogP contribution in [0.3, 0.4) is 0 Å². The van der Waals surface area contributed by atoms with Gasteiger partial charge in [-0.15, -0.1) is 0 Å². The van der Waals surface area contributed by atoms with Gasteiger partial charge >= 0.3 is 5.97 Å². The highest BCUT2D eigenvalue weighted by molar-refractivity contribution is 5.88. The number of rotatable bonds is 4. The van der Waals surface area contributed by atoms with Gasteiger partial charge < -0.3 is 19.5 Å². The van der Waals surface area contributed by atoms with Gasteiger partial charge in [-0.1, -0.05) is 24.3 Å². The Morgan fingerprint density at radius 1 is 1.24 bits per heavy atom. The second kappa shape index (κ2) is 7.11. The number of nitrogens with zero attached hydrogens (tertiary/aromatic N) is 1. The van der Waals surface area contributed by atoms with E-state index in [1.807, 2.05) is 43.3 Å². The second-order valence-electron chi connectivity index (χ2n) is 6.18. The van der Waals surface area contributed by atoms with E-state index < -0.39 is 12.1 Å². The maximum atomic E-state index is 12.8. The zero-order chi connectivity index (χ0) is 18.0. The third-order valence-corrected chi connectivity index (χ3v) is 4.60. The number of carbonyl (C=O) groups is 2. The first kappa shape index (κ1) is 17.2. The molecule has 0 aromatic heterocycles. The molecule has 132 valence electrons. The topological polar surface area (TPSA) is 76.1 Å².